The highest BCUT2D eigenvalue weighted by Crippen LogP contribution is 2.14. The number of nitrogens with zero attached hydrogens (tertiary/aromatic N) is 1. The second kappa shape index (κ2) is 12.6. The van der Waals surface area contributed by atoms with Crippen molar-refractivity contribution < 1.29 is 4.79 Å². The van der Waals surface area contributed by atoms with Crippen LogP contribution in [0.15, 0.2) is 0 Å². The number of unbranched alkanes of at least 4 members (excludes halogenated alkanes) is 5. The maximum absolute atomic E-state index is 11.8. The smallest absolute Gasteiger partial charge is 0.222 e. The monoisotopic (exact) mass is 299 g/mol. The van der Waals surface area contributed by atoms with Gasteiger partial charge in [-0.3, -0.25) is 4.79 Å². The molecule has 0 spiro atoms. The van der Waals surface area contributed by atoms with Crippen LogP contribution in [0.4, 0.5) is 0 Å². The molecule has 20 heavy (non-hydrogen) atoms. The van der Waals surface area contributed by atoms with Crippen molar-refractivity contribution in [3.8, 4) is 0 Å². The summed E-state index contributed by atoms with van der Waals surface area (Å²) < 4.78 is 0. The zero-order chi connectivity index (χ0) is 14.5. The maximum atomic E-state index is 11.8. The maximum Gasteiger partial charge on any atom is 0.222 e. The first kappa shape index (κ1) is 17.9. The number of likely N-dealkylation sites (tertiary alicyclic amines) is 1. The Morgan fingerprint density at radius 3 is 2.55 bits per heavy atom. The van der Waals surface area contributed by atoms with Crippen molar-refractivity contribution in [2.45, 2.75) is 77.6 Å². The standard InChI is InChI=1S/C17H33NOS/c1-2-3-4-5-6-10-15-20-16-11-14-18-13-9-7-8-12-17(18)19/h2-16H2,1H3. The van der Waals surface area contributed by atoms with E-state index in [4.69, 9.17) is 0 Å². The molecule has 0 aromatic rings. The van der Waals surface area contributed by atoms with Crippen LogP contribution >= 0.6 is 11.8 Å². The van der Waals surface area contributed by atoms with Gasteiger partial charge < -0.3 is 4.90 Å². The first-order chi connectivity index (χ1) is 9.84. The molecule has 1 saturated heterocycles. The molecular formula is C17H33NOS. The Morgan fingerprint density at radius 1 is 0.950 bits per heavy atom. The van der Waals surface area contributed by atoms with Gasteiger partial charge in [0.15, 0.2) is 0 Å². The van der Waals surface area contributed by atoms with Gasteiger partial charge in [0, 0.05) is 19.5 Å². The van der Waals surface area contributed by atoms with Gasteiger partial charge in [-0.2, -0.15) is 11.8 Å². The summed E-state index contributed by atoms with van der Waals surface area (Å²) in [5, 5.41) is 0. The van der Waals surface area contributed by atoms with Gasteiger partial charge in [0.1, 0.15) is 0 Å². The van der Waals surface area contributed by atoms with Crippen LogP contribution in [0.25, 0.3) is 0 Å². The Balaban J connectivity index is 1.87. The van der Waals surface area contributed by atoms with Gasteiger partial charge in [0.25, 0.3) is 0 Å². The van der Waals surface area contributed by atoms with Crippen LogP contribution in [0.3, 0.4) is 0 Å². The number of carbonyl (C=O) groups excluding carboxylic acids is 1. The van der Waals surface area contributed by atoms with Crippen molar-refractivity contribution in [1.29, 1.82) is 0 Å². The molecule has 2 nitrogen and oxygen atoms in total. The van der Waals surface area contributed by atoms with Crippen LogP contribution < -0.4 is 0 Å². The van der Waals surface area contributed by atoms with E-state index < -0.39 is 0 Å². The lowest BCUT2D eigenvalue weighted by molar-refractivity contribution is -0.130. The topological polar surface area (TPSA) is 20.3 Å². The van der Waals surface area contributed by atoms with Crippen LogP contribution in [0.2, 0.25) is 0 Å². The first-order valence-electron chi connectivity index (χ1n) is 8.70. The predicted octanol–water partition coefficient (Wildman–Crippen LogP) is 4.87. The highest BCUT2D eigenvalue weighted by molar-refractivity contribution is 7.99. The van der Waals surface area contributed by atoms with E-state index in [1.165, 1.54) is 69.3 Å². The average Bonchev–Trinajstić information content (AvgIpc) is 2.66. The van der Waals surface area contributed by atoms with E-state index in [9.17, 15) is 4.79 Å². The molecule has 0 unspecified atom stereocenters. The summed E-state index contributed by atoms with van der Waals surface area (Å²) >= 11 is 2.07. The molecule has 1 heterocycles. The van der Waals surface area contributed by atoms with Crippen LogP contribution in [-0.4, -0.2) is 35.4 Å². The molecular weight excluding hydrogens is 266 g/mol. The lowest BCUT2D eigenvalue weighted by Gasteiger charge is -2.20. The molecule has 1 amide bonds. The summed E-state index contributed by atoms with van der Waals surface area (Å²) in [5.41, 5.74) is 0. The Kier molecular flexibility index (Phi) is 11.2. The lowest BCUT2D eigenvalue weighted by Crippen LogP contribution is -2.31. The molecule has 0 aromatic carbocycles. The van der Waals surface area contributed by atoms with E-state index in [2.05, 4.69) is 23.6 Å². The summed E-state index contributed by atoms with van der Waals surface area (Å²) in [5.74, 6) is 2.92. The average molecular weight is 300 g/mol. The van der Waals surface area contributed by atoms with Crippen LogP contribution in [-0.2, 0) is 4.79 Å². The summed E-state index contributed by atoms with van der Waals surface area (Å²) in [7, 11) is 0. The third kappa shape index (κ3) is 8.89. The quantitative estimate of drug-likeness (QED) is 0.507. The molecule has 3 heteroatoms. The van der Waals surface area contributed by atoms with E-state index in [1.54, 1.807) is 0 Å². The zero-order valence-corrected chi connectivity index (χ0v) is 14.2. The van der Waals surface area contributed by atoms with Gasteiger partial charge in [-0.1, -0.05) is 45.4 Å². The number of carbonyl (C=O) groups is 1. The highest BCUT2D eigenvalue weighted by Gasteiger charge is 2.15. The molecule has 0 aromatic heterocycles. The largest absolute Gasteiger partial charge is 0.343 e. The Hall–Kier alpha value is -0.180. The third-order valence-electron chi connectivity index (χ3n) is 4.03. The lowest BCUT2D eigenvalue weighted by atomic mass is 10.1. The van der Waals surface area contributed by atoms with E-state index in [1.807, 2.05) is 0 Å². The van der Waals surface area contributed by atoms with Crippen molar-refractivity contribution in [3.63, 3.8) is 0 Å². The fourth-order valence-corrected chi connectivity index (χ4v) is 3.66. The zero-order valence-electron chi connectivity index (χ0n) is 13.4. The molecule has 118 valence electrons. The van der Waals surface area contributed by atoms with Gasteiger partial charge in [0.05, 0.1) is 0 Å². The number of hydrogen-bond acceptors (Lipinski definition) is 2. The van der Waals surface area contributed by atoms with Crippen molar-refractivity contribution in [1.82, 2.24) is 4.90 Å². The molecule has 0 saturated carbocycles. The number of rotatable bonds is 11. The minimum absolute atomic E-state index is 0.392. The number of amides is 1. The Labute approximate surface area is 130 Å². The van der Waals surface area contributed by atoms with Gasteiger partial charge in [-0.25, -0.2) is 0 Å². The van der Waals surface area contributed by atoms with Crippen molar-refractivity contribution >= 4 is 17.7 Å². The Bertz CT molecular complexity index is 245. The highest BCUT2D eigenvalue weighted by atomic mass is 32.2. The van der Waals surface area contributed by atoms with Gasteiger partial charge in [-0.15, -0.1) is 0 Å². The van der Waals surface area contributed by atoms with Crippen molar-refractivity contribution in [3.05, 3.63) is 0 Å². The van der Waals surface area contributed by atoms with E-state index in [0.717, 1.165) is 25.9 Å². The first-order valence-corrected chi connectivity index (χ1v) is 9.85. The fourth-order valence-electron chi connectivity index (χ4n) is 2.72. The third-order valence-corrected chi connectivity index (χ3v) is 5.19. The summed E-state index contributed by atoms with van der Waals surface area (Å²) in [6.45, 7) is 4.26. The molecule has 0 atom stereocenters. The van der Waals surface area contributed by atoms with Crippen LogP contribution in [0, 0.1) is 0 Å². The molecule has 0 radical (unpaired) electrons. The summed E-state index contributed by atoms with van der Waals surface area (Å²) in [6, 6.07) is 0. The second-order valence-electron chi connectivity index (χ2n) is 5.93. The molecule has 1 fully saturated rings. The summed E-state index contributed by atoms with van der Waals surface area (Å²) in [4.78, 5) is 13.9. The van der Waals surface area contributed by atoms with E-state index in [-0.39, 0.29) is 0 Å². The number of thioether (sulfide) groups is 1. The fraction of sp³-hybridized carbons (Fsp3) is 0.941. The van der Waals surface area contributed by atoms with Gasteiger partial charge in [-0.05, 0) is 37.2 Å². The van der Waals surface area contributed by atoms with Crippen LogP contribution in [0.1, 0.15) is 77.6 Å². The summed E-state index contributed by atoms with van der Waals surface area (Å²) in [6.07, 6.45) is 13.8. The number of hydrogen-bond donors (Lipinski definition) is 0. The normalized spacial score (nSPS) is 16.4. The molecule has 1 aliphatic rings. The molecule has 0 N–H and O–H groups in total. The minimum Gasteiger partial charge on any atom is -0.343 e. The molecule has 1 rings (SSSR count). The van der Waals surface area contributed by atoms with Gasteiger partial charge in [0.2, 0.25) is 5.91 Å². The van der Waals surface area contributed by atoms with Crippen molar-refractivity contribution in [2.24, 2.45) is 0 Å². The van der Waals surface area contributed by atoms with E-state index >= 15 is 0 Å². The second-order valence-corrected chi connectivity index (χ2v) is 7.15. The molecule has 0 aliphatic carbocycles. The molecule has 1 aliphatic heterocycles. The molecule has 0 bridgehead atoms. The van der Waals surface area contributed by atoms with Crippen LogP contribution in [0.5, 0.6) is 0 Å². The Morgan fingerprint density at radius 2 is 1.70 bits per heavy atom. The van der Waals surface area contributed by atoms with Gasteiger partial charge >= 0.3 is 0 Å². The SMILES string of the molecule is CCCCCCCCSCCCN1CCCCCC1=O. The van der Waals surface area contributed by atoms with E-state index in [0.29, 0.717) is 5.91 Å². The minimum atomic E-state index is 0.392. The van der Waals surface area contributed by atoms with Crippen molar-refractivity contribution in [2.75, 3.05) is 24.6 Å². The predicted molar refractivity (Wildman–Crippen MR) is 90.4 cm³/mol.